The fraction of sp³-hybridized carbons (Fsp3) is 0.625. The maximum atomic E-state index is 6.04. The number of likely N-dealkylation sites (tertiary alicyclic amines) is 1. The van der Waals surface area contributed by atoms with Gasteiger partial charge in [-0.3, -0.25) is 0 Å². The Kier molecular flexibility index (Phi) is 5.43. The summed E-state index contributed by atoms with van der Waals surface area (Å²) >= 11 is 3.50. The molecule has 0 spiro atoms. The van der Waals surface area contributed by atoms with Crippen molar-refractivity contribution >= 4 is 15.9 Å². The van der Waals surface area contributed by atoms with Crippen molar-refractivity contribution in [3.05, 3.63) is 34.3 Å². The summed E-state index contributed by atoms with van der Waals surface area (Å²) in [6.07, 6.45) is 2.55. The lowest BCUT2D eigenvalue weighted by Gasteiger charge is -2.38. The van der Waals surface area contributed by atoms with E-state index in [1.807, 2.05) is 0 Å². The average Bonchev–Trinajstić information content (AvgIpc) is 2.42. The van der Waals surface area contributed by atoms with E-state index >= 15 is 0 Å². The zero-order valence-electron chi connectivity index (χ0n) is 12.0. The molecular weight excluding hydrogens is 300 g/mol. The first-order valence-electron chi connectivity index (χ1n) is 7.31. The molecule has 1 aliphatic heterocycles. The van der Waals surface area contributed by atoms with E-state index in [-0.39, 0.29) is 0 Å². The fourth-order valence-electron chi connectivity index (χ4n) is 3.15. The van der Waals surface area contributed by atoms with Crippen LogP contribution in [0.3, 0.4) is 0 Å². The lowest BCUT2D eigenvalue weighted by Crippen LogP contribution is -2.40. The summed E-state index contributed by atoms with van der Waals surface area (Å²) in [5.74, 6) is 1.25. The van der Waals surface area contributed by atoms with E-state index in [1.165, 1.54) is 31.5 Å². The van der Waals surface area contributed by atoms with E-state index in [4.69, 9.17) is 5.73 Å². The molecule has 0 aromatic heterocycles. The Balaban J connectivity index is 2.01. The van der Waals surface area contributed by atoms with E-state index in [0.29, 0.717) is 12.0 Å². The zero-order valence-corrected chi connectivity index (χ0v) is 13.6. The van der Waals surface area contributed by atoms with Gasteiger partial charge in [-0.15, -0.1) is 0 Å². The first kappa shape index (κ1) is 15.0. The van der Waals surface area contributed by atoms with Crippen LogP contribution in [0.2, 0.25) is 0 Å². The molecule has 19 heavy (non-hydrogen) atoms. The number of piperidine rings is 1. The molecular formula is C16H25BrN2. The van der Waals surface area contributed by atoms with Crippen molar-refractivity contribution < 1.29 is 0 Å². The zero-order chi connectivity index (χ0) is 13.8. The molecule has 3 heteroatoms. The van der Waals surface area contributed by atoms with Crippen LogP contribution < -0.4 is 5.73 Å². The van der Waals surface area contributed by atoms with Crippen molar-refractivity contribution in [2.24, 2.45) is 11.7 Å². The van der Waals surface area contributed by atoms with Crippen LogP contribution in [0.15, 0.2) is 28.7 Å². The van der Waals surface area contributed by atoms with Gasteiger partial charge in [-0.25, -0.2) is 0 Å². The molecule has 0 saturated carbocycles. The largest absolute Gasteiger partial charge is 0.330 e. The molecule has 0 bridgehead atoms. The molecule has 106 valence electrons. The smallest absolute Gasteiger partial charge is 0.0175 e. The van der Waals surface area contributed by atoms with Crippen LogP contribution >= 0.6 is 15.9 Å². The monoisotopic (exact) mass is 324 g/mol. The van der Waals surface area contributed by atoms with Gasteiger partial charge >= 0.3 is 0 Å². The van der Waals surface area contributed by atoms with Crippen molar-refractivity contribution in [1.29, 1.82) is 0 Å². The van der Waals surface area contributed by atoms with Crippen LogP contribution in [0.5, 0.6) is 0 Å². The maximum absolute atomic E-state index is 6.04. The second-order valence-corrected chi connectivity index (χ2v) is 6.78. The van der Waals surface area contributed by atoms with Gasteiger partial charge in [-0.05, 0) is 75.9 Å². The molecule has 1 fully saturated rings. The standard InChI is InChI=1S/C16H25BrN2/c1-12(2)19-9-7-14(8-10-19)16(11-18)13-3-5-15(17)6-4-13/h3-6,12,14,16H,7-11,18H2,1-2H3. The van der Waals surface area contributed by atoms with Gasteiger partial charge < -0.3 is 10.6 Å². The van der Waals surface area contributed by atoms with Crippen LogP contribution in [0.4, 0.5) is 0 Å². The van der Waals surface area contributed by atoms with Crippen molar-refractivity contribution in [1.82, 2.24) is 4.90 Å². The molecule has 1 heterocycles. The topological polar surface area (TPSA) is 29.3 Å². The number of hydrogen-bond donors (Lipinski definition) is 1. The Morgan fingerprint density at radius 2 is 1.79 bits per heavy atom. The van der Waals surface area contributed by atoms with Crippen LogP contribution in [-0.2, 0) is 0 Å². The van der Waals surface area contributed by atoms with Crippen molar-refractivity contribution in [3.8, 4) is 0 Å². The average molecular weight is 325 g/mol. The van der Waals surface area contributed by atoms with E-state index in [0.717, 1.165) is 16.9 Å². The summed E-state index contributed by atoms with van der Waals surface area (Å²) in [7, 11) is 0. The minimum atomic E-state index is 0.516. The Hall–Kier alpha value is -0.380. The second-order valence-electron chi connectivity index (χ2n) is 5.86. The normalized spacial score (nSPS) is 19.8. The fourth-order valence-corrected chi connectivity index (χ4v) is 3.41. The molecule has 1 unspecified atom stereocenters. The Labute approximate surface area is 125 Å². The molecule has 2 rings (SSSR count). The highest BCUT2D eigenvalue weighted by Gasteiger charge is 2.27. The van der Waals surface area contributed by atoms with Crippen LogP contribution in [-0.4, -0.2) is 30.6 Å². The van der Waals surface area contributed by atoms with Gasteiger partial charge in [0.15, 0.2) is 0 Å². The SMILES string of the molecule is CC(C)N1CCC(C(CN)c2ccc(Br)cc2)CC1. The summed E-state index contributed by atoms with van der Waals surface area (Å²) in [4.78, 5) is 2.58. The molecule has 1 aromatic carbocycles. The number of halogens is 1. The highest BCUT2D eigenvalue weighted by atomic mass is 79.9. The lowest BCUT2D eigenvalue weighted by molar-refractivity contribution is 0.138. The summed E-state index contributed by atoms with van der Waals surface area (Å²) < 4.78 is 1.14. The molecule has 1 aromatic rings. The number of nitrogens with zero attached hydrogens (tertiary/aromatic N) is 1. The first-order chi connectivity index (χ1) is 9.11. The third kappa shape index (κ3) is 3.80. The third-order valence-corrected chi connectivity index (χ3v) is 4.95. The number of nitrogens with two attached hydrogens (primary N) is 1. The molecule has 1 saturated heterocycles. The lowest BCUT2D eigenvalue weighted by atomic mass is 9.80. The molecule has 1 aliphatic rings. The predicted molar refractivity (Wildman–Crippen MR) is 85.4 cm³/mol. The Morgan fingerprint density at radius 1 is 1.21 bits per heavy atom. The van der Waals surface area contributed by atoms with Crippen LogP contribution in [0, 0.1) is 5.92 Å². The van der Waals surface area contributed by atoms with Gasteiger partial charge in [0.2, 0.25) is 0 Å². The number of benzene rings is 1. The van der Waals surface area contributed by atoms with E-state index in [9.17, 15) is 0 Å². The van der Waals surface area contributed by atoms with Gasteiger partial charge in [-0.2, -0.15) is 0 Å². The quantitative estimate of drug-likeness (QED) is 0.916. The first-order valence-corrected chi connectivity index (χ1v) is 8.10. The van der Waals surface area contributed by atoms with Crippen LogP contribution in [0.1, 0.15) is 38.2 Å². The Morgan fingerprint density at radius 3 is 2.26 bits per heavy atom. The molecule has 0 amide bonds. The van der Waals surface area contributed by atoms with Crippen molar-refractivity contribution in [3.63, 3.8) is 0 Å². The third-order valence-electron chi connectivity index (χ3n) is 4.43. The van der Waals surface area contributed by atoms with Crippen molar-refractivity contribution in [2.75, 3.05) is 19.6 Å². The van der Waals surface area contributed by atoms with Gasteiger partial charge in [0.25, 0.3) is 0 Å². The second kappa shape index (κ2) is 6.87. The number of hydrogen-bond acceptors (Lipinski definition) is 2. The van der Waals surface area contributed by atoms with Crippen molar-refractivity contribution in [2.45, 2.75) is 38.6 Å². The molecule has 0 aliphatic carbocycles. The minimum absolute atomic E-state index is 0.516. The van der Waals surface area contributed by atoms with Gasteiger partial charge in [0, 0.05) is 10.5 Å². The molecule has 2 N–H and O–H groups in total. The minimum Gasteiger partial charge on any atom is -0.330 e. The molecule has 1 atom stereocenters. The van der Waals surface area contributed by atoms with E-state index < -0.39 is 0 Å². The maximum Gasteiger partial charge on any atom is 0.0175 e. The van der Waals surface area contributed by atoms with Crippen LogP contribution in [0.25, 0.3) is 0 Å². The molecule has 0 radical (unpaired) electrons. The number of rotatable bonds is 4. The summed E-state index contributed by atoms with van der Waals surface area (Å²) in [6.45, 7) is 7.77. The Bertz CT molecular complexity index is 380. The predicted octanol–water partition coefficient (Wildman–Crippen LogP) is 3.61. The van der Waals surface area contributed by atoms with E-state index in [2.05, 4.69) is 58.9 Å². The van der Waals surface area contributed by atoms with E-state index in [1.54, 1.807) is 0 Å². The summed E-state index contributed by atoms with van der Waals surface area (Å²) in [5.41, 5.74) is 7.44. The molecule has 2 nitrogen and oxygen atoms in total. The summed E-state index contributed by atoms with van der Waals surface area (Å²) in [6, 6.07) is 9.36. The van der Waals surface area contributed by atoms with Gasteiger partial charge in [0.05, 0.1) is 0 Å². The van der Waals surface area contributed by atoms with Gasteiger partial charge in [-0.1, -0.05) is 28.1 Å². The summed E-state index contributed by atoms with van der Waals surface area (Å²) in [5, 5.41) is 0. The highest BCUT2D eigenvalue weighted by molar-refractivity contribution is 9.10. The highest BCUT2D eigenvalue weighted by Crippen LogP contribution is 2.33. The van der Waals surface area contributed by atoms with Gasteiger partial charge in [0.1, 0.15) is 0 Å².